The minimum Gasteiger partial charge on any atom is -0.354 e. The summed E-state index contributed by atoms with van der Waals surface area (Å²) in [4.78, 5) is 28.7. The summed E-state index contributed by atoms with van der Waals surface area (Å²) in [6.45, 7) is 9.57. The zero-order valence-electron chi connectivity index (χ0n) is 23.7. The molecule has 0 spiro atoms. The summed E-state index contributed by atoms with van der Waals surface area (Å²) in [5.41, 5.74) is 2.88. The number of nitrogens with one attached hydrogen (secondary N) is 1. The maximum Gasteiger partial charge on any atom is 0.264 e. The molecule has 40 heavy (non-hydrogen) atoms. The molecule has 1 atom stereocenters. The van der Waals surface area contributed by atoms with Crippen LogP contribution in [0.25, 0.3) is 0 Å². The second-order valence-corrected chi connectivity index (χ2v) is 12.2. The molecule has 0 bridgehead atoms. The summed E-state index contributed by atoms with van der Waals surface area (Å²) in [5, 5.41) is 2.91. The number of sulfonamides is 1. The van der Waals surface area contributed by atoms with E-state index in [9.17, 15) is 22.4 Å². The molecule has 7 nitrogen and oxygen atoms in total. The number of anilines is 1. The van der Waals surface area contributed by atoms with E-state index in [1.165, 1.54) is 29.2 Å². The molecule has 0 aromatic heterocycles. The zero-order valence-corrected chi connectivity index (χ0v) is 24.5. The van der Waals surface area contributed by atoms with Gasteiger partial charge in [-0.25, -0.2) is 12.8 Å². The molecule has 214 valence electrons. The van der Waals surface area contributed by atoms with Gasteiger partial charge in [0.2, 0.25) is 11.8 Å². The predicted octanol–water partition coefficient (Wildman–Crippen LogP) is 5.22. The summed E-state index contributed by atoms with van der Waals surface area (Å²) in [5.74, 6) is -1.16. The molecule has 1 N–H and O–H groups in total. The Morgan fingerprint density at radius 2 is 1.43 bits per heavy atom. The van der Waals surface area contributed by atoms with Crippen LogP contribution in [0.1, 0.15) is 43.9 Å². The van der Waals surface area contributed by atoms with E-state index in [0.717, 1.165) is 33.1 Å². The van der Waals surface area contributed by atoms with Crippen molar-refractivity contribution in [3.05, 3.63) is 95.3 Å². The van der Waals surface area contributed by atoms with Crippen molar-refractivity contribution in [3.8, 4) is 0 Å². The van der Waals surface area contributed by atoms with Crippen LogP contribution in [0.2, 0.25) is 0 Å². The maximum absolute atomic E-state index is 14.0. The smallest absolute Gasteiger partial charge is 0.264 e. The second kappa shape index (κ2) is 13.6. The summed E-state index contributed by atoms with van der Waals surface area (Å²) in [6.07, 6.45) is 0.336. The number of rotatable bonds is 12. The van der Waals surface area contributed by atoms with E-state index in [4.69, 9.17) is 0 Å². The van der Waals surface area contributed by atoms with Crippen LogP contribution in [0.5, 0.6) is 0 Å². The molecule has 0 saturated heterocycles. The van der Waals surface area contributed by atoms with Crippen LogP contribution in [-0.2, 0) is 26.2 Å². The van der Waals surface area contributed by atoms with E-state index in [-0.39, 0.29) is 29.0 Å². The van der Waals surface area contributed by atoms with Gasteiger partial charge in [0.25, 0.3) is 10.0 Å². The average molecular weight is 568 g/mol. The third-order valence-corrected chi connectivity index (χ3v) is 8.33. The van der Waals surface area contributed by atoms with Crippen LogP contribution in [-0.4, -0.2) is 44.3 Å². The number of hydrogen-bond donors (Lipinski definition) is 1. The lowest BCUT2D eigenvalue weighted by atomic mass is 10.1. The van der Waals surface area contributed by atoms with Crippen molar-refractivity contribution in [1.29, 1.82) is 0 Å². The molecule has 2 amide bonds. The van der Waals surface area contributed by atoms with Crippen LogP contribution in [0.15, 0.2) is 77.7 Å². The van der Waals surface area contributed by atoms with Gasteiger partial charge >= 0.3 is 0 Å². The molecule has 9 heteroatoms. The first-order valence-electron chi connectivity index (χ1n) is 13.4. The number of halogens is 1. The quantitative estimate of drug-likeness (QED) is 0.325. The van der Waals surface area contributed by atoms with Gasteiger partial charge in [0.1, 0.15) is 18.4 Å². The van der Waals surface area contributed by atoms with Crippen molar-refractivity contribution >= 4 is 27.5 Å². The lowest BCUT2D eigenvalue weighted by molar-refractivity contribution is -0.140. The third-order valence-electron chi connectivity index (χ3n) is 6.55. The van der Waals surface area contributed by atoms with E-state index < -0.39 is 34.3 Å². The molecule has 3 aromatic rings. The van der Waals surface area contributed by atoms with Crippen LogP contribution in [0, 0.1) is 25.6 Å². The Morgan fingerprint density at radius 3 is 1.95 bits per heavy atom. The molecular weight excluding hydrogens is 529 g/mol. The Hall–Kier alpha value is -3.72. The highest BCUT2D eigenvalue weighted by atomic mass is 32.2. The Kier molecular flexibility index (Phi) is 10.5. The Balaban J connectivity index is 2.03. The second-order valence-electron chi connectivity index (χ2n) is 10.4. The number of hydrogen-bond acceptors (Lipinski definition) is 4. The molecule has 0 aliphatic heterocycles. The van der Waals surface area contributed by atoms with Crippen LogP contribution >= 0.6 is 0 Å². The van der Waals surface area contributed by atoms with E-state index in [1.54, 1.807) is 12.1 Å². The van der Waals surface area contributed by atoms with Crippen molar-refractivity contribution in [3.63, 3.8) is 0 Å². The van der Waals surface area contributed by atoms with Gasteiger partial charge in [0.05, 0.1) is 10.6 Å². The van der Waals surface area contributed by atoms with Crippen LogP contribution in [0.4, 0.5) is 10.1 Å². The number of carbonyl (C=O) groups is 2. The highest BCUT2D eigenvalue weighted by molar-refractivity contribution is 7.92. The van der Waals surface area contributed by atoms with E-state index >= 15 is 0 Å². The zero-order chi connectivity index (χ0) is 29.4. The van der Waals surface area contributed by atoms with Gasteiger partial charge in [0, 0.05) is 13.1 Å². The van der Waals surface area contributed by atoms with Gasteiger partial charge in [-0.05, 0) is 68.1 Å². The lowest BCUT2D eigenvalue weighted by Crippen LogP contribution is -2.52. The molecule has 0 heterocycles. The third kappa shape index (κ3) is 7.91. The van der Waals surface area contributed by atoms with Crippen LogP contribution in [0.3, 0.4) is 0 Å². The summed E-state index contributed by atoms with van der Waals surface area (Å²) in [6, 6.07) is 18.0. The highest BCUT2D eigenvalue weighted by Crippen LogP contribution is 2.25. The van der Waals surface area contributed by atoms with Crippen molar-refractivity contribution in [2.75, 3.05) is 17.4 Å². The fraction of sp³-hybridized carbons (Fsp3) is 0.355. The summed E-state index contributed by atoms with van der Waals surface area (Å²) in [7, 11) is -4.20. The van der Waals surface area contributed by atoms with E-state index in [2.05, 4.69) is 5.32 Å². The normalized spacial score (nSPS) is 12.2. The monoisotopic (exact) mass is 567 g/mol. The minimum absolute atomic E-state index is 0.00188. The molecule has 0 saturated carbocycles. The minimum atomic E-state index is -4.20. The van der Waals surface area contributed by atoms with Crippen molar-refractivity contribution < 1.29 is 22.4 Å². The van der Waals surface area contributed by atoms with Gasteiger partial charge in [-0.15, -0.1) is 0 Å². The first-order chi connectivity index (χ1) is 18.9. The molecule has 3 rings (SSSR count). The van der Waals surface area contributed by atoms with E-state index in [0.29, 0.717) is 13.0 Å². The molecular formula is C31H38FN3O4S. The SMILES string of the molecule is CC[C@H](C(=O)NCC(C)C)N(Cc1ccc(C)cc1)C(=O)CN(c1ccc(F)cc1)S(=O)(=O)c1ccc(C)cc1. The number of benzene rings is 3. The molecule has 0 fully saturated rings. The number of amides is 2. The molecule has 0 unspecified atom stereocenters. The molecule has 0 radical (unpaired) electrons. The molecule has 0 aliphatic carbocycles. The van der Waals surface area contributed by atoms with Gasteiger partial charge in [-0.1, -0.05) is 68.3 Å². The Bertz CT molecular complexity index is 1390. The summed E-state index contributed by atoms with van der Waals surface area (Å²) < 4.78 is 42.4. The fourth-order valence-electron chi connectivity index (χ4n) is 4.21. The average Bonchev–Trinajstić information content (AvgIpc) is 2.92. The van der Waals surface area contributed by atoms with Gasteiger partial charge in [0.15, 0.2) is 0 Å². The predicted molar refractivity (Wildman–Crippen MR) is 156 cm³/mol. The van der Waals surface area contributed by atoms with Crippen LogP contribution < -0.4 is 9.62 Å². The van der Waals surface area contributed by atoms with Crippen molar-refractivity contribution in [2.45, 2.75) is 58.5 Å². The Labute approximate surface area is 237 Å². The number of nitrogens with zero attached hydrogens (tertiary/aromatic N) is 2. The first-order valence-corrected chi connectivity index (χ1v) is 14.8. The van der Waals surface area contributed by atoms with E-state index in [1.807, 2.05) is 58.9 Å². The van der Waals surface area contributed by atoms with Gasteiger partial charge < -0.3 is 10.2 Å². The maximum atomic E-state index is 14.0. The largest absolute Gasteiger partial charge is 0.354 e. The Morgan fingerprint density at radius 1 is 0.875 bits per heavy atom. The van der Waals surface area contributed by atoms with Crippen molar-refractivity contribution in [1.82, 2.24) is 10.2 Å². The highest BCUT2D eigenvalue weighted by Gasteiger charge is 2.33. The summed E-state index contributed by atoms with van der Waals surface area (Å²) >= 11 is 0. The van der Waals surface area contributed by atoms with Gasteiger partial charge in [-0.3, -0.25) is 13.9 Å². The lowest BCUT2D eigenvalue weighted by Gasteiger charge is -2.33. The fourth-order valence-corrected chi connectivity index (χ4v) is 5.62. The standard InChI is InChI=1S/C31H38FN3O4S/c1-6-29(31(37)33-19-22(2)3)34(20-25-11-7-23(4)8-12-25)30(36)21-35(27-15-13-26(32)14-16-27)40(38,39)28-17-9-24(5)10-18-28/h7-18,22,29H,6,19-21H2,1-5H3,(H,33,37)/t29-/m1/s1. The number of aryl methyl sites for hydroxylation is 2. The first kappa shape index (κ1) is 30.8. The molecule has 0 aliphatic rings. The van der Waals surface area contributed by atoms with Gasteiger partial charge in [-0.2, -0.15) is 0 Å². The topological polar surface area (TPSA) is 86.8 Å². The van der Waals surface area contributed by atoms with Crippen molar-refractivity contribution in [2.24, 2.45) is 5.92 Å². The molecule has 3 aromatic carbocycles. The number of carbonyl (C=O) groups excluding carboxylic acids is 2.